The summed E-state index contributed by atoms with van der Waals surface area (Å²) in [6.07, 6.45) is 2.68. The Hall–Kier alpha value is -2.25. The number of aromatic nitrogens is 1. The highest BCUT2D eigenvalue weighted by atomic mass is 32.2. The van der Waals surface area contributed by atoms with Crippen LogP contribution in [0.3, 0.4) is 0 Å². The molecule has 1 heterocycles. The maximum absolute atomic E-state index is 12.1. The summed E-state index contributed by atoms with van der Waals surface area (Å²) in [5.41, 5.74) is 2.70. The van der Waals surface area contributed by atoms with Crippen LogP contribution in [0.5, 0.6) is 0 Å². The monoisotopic (exact) mass is 347 g/mol. The molecule has 1 aromatic heterocycles. The lowest BCUT2D eigenvalue weighted by Crippen LogP contribution is -2.39. The van der Waals surface area contributed by atoms with E-state index in [-0.39, 0.29) is 19.0 Å². The summed E-state index contributed by atoms with van der Waals surface area (Å²) in [7, 11) is -3.51. The molecule has 2 aromatic rings. The van der Waals surface area contributed by atoms with Gasteiger partial charge in [-0.1, -0.05) is 35.9 Å². The molecule has 0 unspecified atom stereocenters. The SMILES string of the molecule is Cc1ccc(CNC(=O)CN(Cc2ccccn2)S(C)(=O)=O)cc1. The van der Waals surface area contributed by atoms with Gasteiger partial charge < -0.3 is 5.32 Å². The largest absolute Gasteiger partial charge is 0.351 e. The van der Waals surface area contributed by atoms with Crippen molar-refractivity contribution in [3.8, 4) is 0 Å². The van der Waals surface area contributed by atoms with Crippen molar-refractivity contribution in [2.24, 2.45) is 0 Å². The van der Waals surface area contributed by atoms with Crippen molar-refractivity contribution in [1.29, 1.82) is 0 Å². The van der Waals surface area contributed by atoms with Gasteiger partial charge in [-0.15, -0.1) is 0 Å². The minimum atomic E-state index is -3.51. The van der Waals surface area contributed by atoms with Crippen LogP contribution in [0.25, 0.3) is 0 Å². The van der Waals surface area contributed by atoms with Crippen molar-refractivity contribution in [3.63, 3.8) is 0 Å². The zero-order valence-electron chi connectivity index (χ0n) is 13.8. The number of carbonyl (C=O) groups is 1. The third-order valence-electron chi connectivity index (χ3n) is 3.46. The minimum absolute atomic E-state index is 0.0671. The molecule has 24 heavy (non-hydrogen) atoms. The van der Waals surface area contributed by atoms with Crippen LogP contribution >= 0.6 is 0 Å². The molecule has 1 amide bonds. The van der Waals surface area contributed by atoms with Gasteiger partial charge in [0.05, 0.1) is 25.0 Å². The molecule has 1 aromatic carbocycles. The molecule has 0 spiro atoms. The van der Waals surface area contributed by atoms with E-state index in [1.54, 1.807) is 24.4 Å². The highest BCUT2D eigenvalue weighted by molar-refractivity contribution is 7.88. The van der Waals surface area contributed by atoms with Crippen molar-refractivity contribution in [2.45, 2.75) is 20.0 Å². The Morgan fingerprint density at radius 2 is 1.88 bits per heavy atom. The second kappa shape index (κ2) is 8.03. The Labute approximate surface area is 142 Å². The van der Waals surface area contributed by atoms with Gasteiger partial charge in [0.1, 0.15) is 0 Å². The number of carbonyl (C=O) groups excluding carboxylic acids is 1. The number of amides is 1. The van der Waals surface area contributed by atoms with Crippen molar-refractivity contribution in [1.82, 2.24) is 14.6 Å². The fourth-order valence-electron chi connectivity index (χ4n) is 2.09. The van der Waals surface area contributed by atoms with E-state index in [1.807, 2.05) is 31.2 Å². The molecule has 2 rings (SSSR count). The van der Waals surface area contributed by atoms with Crippen LogP contribution in [0.4, 0.5) is 0 Å². The van der Waals surface area contributed by atoms with E-state index >= 15 is 0 Å². The molecule has 0 aliphatic carbocycles. The molecule has 6 nitrogen and oxygen atoms in total. The Bertz CT molecular complexity index is 774. The zero-order valence-corrected chi connectivity index (χ0v) is 14.6. The van der Waals surface area contributed by atoms with Gasteiger partial charge in [-0.3, -0.25) is 9.78 Å². The maximum atomic E-state index is 12.1. The summed E-state index contributed by atoms with van der Waals surface area (Å²) >= 11 is 0. The molecular formula is C17H21N3O3S. The van der Waals surface area contributed by atoms with Crippen LogP contribution in [0.2, 0.25) is 0 Å². The zero-order chi connectivity index (χ0) is 17.6. The molecular weight excluding hydrogens is 326 g/mol. The summed E-state index contributed by atoms with van der Waals surface area (Å²) in [6, 6.07) is 13.0. The molecule has 0 saturated carbocycles. The van der Waals surface area contributed by atoms with E-state index in [0.29, 0.717) is 12.2 Å². The summed E-state index contributed by atoms with van der Waals surface area (Å²) in [6.45, 7) is 2.18. The van der Waals surface area contributed by atoms with Gasteiger partial charge in [0, 0.05) is 12.7 Å². The summed E-state index contributed by atoms with van der Waals surface area (Å²) in [5, 5.41) is 2.74. The van der Waals surface area contributed by atoms with E-state index in [2.05, 4.69) is 10.3 Å². The normalized spacial score (nSPS) is 11.5. The Balaban J connectivity index is 1.96. The number of hydrogen-bond donors (Lipinski definition) is 1. The lowest BCUT2D eigenvalue weighted by molar-refractivity contribution is -0.121. The van der Waals surface area contributed by atoms with Gasteiger partial charge in [0.2, 0.25) is 15.9 Å². The van der Waals surface area contributed by atoms with Gasteiger partial charge >= 0.3 is 0 Å². The van der Waals surface area contributed by atoms with Crippen LogP contribution in [0.15, 0.2) is 48.7 Å². The van der Waals surface area contributed by atoms with E-state index in [4.69, 9.17) is 0 Å². The number of nitrogens with one attached hydrogen (secondary N) is 1. The summed E-state index contributed by atoms with van der Waals surface area (Å²) in [5.74, 6) is -0.350. The Kier molecular flexibility index (Phi) is 6.05. The first-order valence-electron chi connectivity index (χ1n) is 7.52. The average molecular weight is 347 g/mol. The number of aryl methyl sites for hydroxylation is 1. The topological polar surface area (TPSA) is 79.4 Å². The van der Waals surface area contributed by atoms with Gasteiger partial charge in [0.15, 0.2) is 0 Å². The first kappa shape index (κ1) is 18.1. The number of hydrogen-bond acceptors (Lipinski definition) is 4. The van der Waals surface area contributed by atoms with E-state index in [9.17, 15) is 13.2 Å². The molecule has 0 aliphatic rings. The molecule has 0 bridgehead atoms. The number of nitrogens with zero attached hydrogens (tertiary/aromatic N) is 2. The molecule has 0 aliphatic heterocycles. The lowest BCUT2D eigenvalue weighted by atomic mass is 10.1. The molecule has 0 fully saturated rings. The summed E-state index contributed by atoms with van der Waals surface area (Å²) < 4.78 is 24.9. The third kappa shape index (κ3) is 5.75. The van der Waals surface area contributed by atoms with Crippen molar-refractivity contribution < 1.29 is 13.2 Å². The second-order valence-corrected chi connectivity index (χ2v) is 7.60. The standard InChI is InChI=1S/C17H21N3O3S/c1-14-6-8-15(9-7-14)11-19-17(21)13-20(24(2,22)23)12-16-5-3-4-10-18-16/h3-10H,11-13H2,1-2H3,(H,19,21). The molecule has 1 N–H and O–H groups in total. The number of benzene rings is 1. The van der Waals surface area contributed by atoms with E-state index in [1.165, 1.54) is 0 Å². The van der Waals surface area contributed by atoms with Crippen LogP contribution in [0.1, 0.15) is 16.8 Å². The highest BCUT2D eigenvalue weighted by Gasteiger charge is 2.20. The van der Waals surface area contributed by atoms with E-state index in [0.717, 1.165) is 21.7 Å². The van der Waals surface area contributed by atoms with Crippen molar-refractivity contribution in [2.75, 3.05) is 12.8 Å². The van der Waals surface area contributed by atoms with Gasteiger partial charge in [-0.2, -0.15) is 4.31 Å². The molecule has 7 heteroatoms. The Morgan fingerprint density at radius 3 is 2.46 bits per heavy atom. The fraction of sp³-hybridized carbons (Fsp3) is 0.294. The number of pyridine rings is 1. The first-order valence-corrected chi connectivity index (χ1v) is 9.37. The average Bonchev–Trinajstić information content (AvgIpc) is 2.54. The smallest absolute Gasteiger partial charge is 0.235 e. The summed E-state index contributed by atoms with van der Waals surface area (Å²) in [4.78, 5) is 16.2. The molecule has 0 atom stereocenters. The van der Waals surface area contributed by atoms with Crippen LogP contribution in [-0.2, 0) is 27.9 Å². The highest BCUT2D eigenvalue weighted by Crippen LogP contribution is 2.06. The first-order chi connectivity index (χ1) is 11.3. The van der Waals surface area contributed by atoms with Crippen LogP contribution < -0.4 is 5.32 Å². The minimum Gasteiger partial charge on any atom is -0.351 e. The van der Waals surface area contributed by atoms with E-state index < -0.39 is 10.0 Å². The second-order valence-electron chi connectivity index (χ2n) is 5.61. The predicted molar refractivity (Wildman–Crippen MR) is 92.5 cm³/mol. The molecule has 128 valence electrons. The molecule has 0 radical (unpaired) electrons. The number of sulfonamides is 1. The van der Waals surface area contributed by atoms with Gasteiger partial charge in [-0.25, -0.2) is 8.42 Å². The molecule has 0 saturated heterocycles. The fourth-order valence-corrected chi connectivity index (χ4v) is 2.80. The van der Waals surface area contributed by atoms with Crippen molar-refractivity contribution in [3.05, 3.63) is 65.5 Å². The Morgan fingerprint density at radius 1 is 1.17 bits per heavy atom. The third-order valence-corrected chi connectivity index (χ3v) is 4.66. The van der Waals surface area contributed by atoms with Crippen LogP contribution in [0, 0.1) is 6.92 Å². The van der Waals surface area contributed by atoms with Gasteiger partial charge in [0.25, 0.3) is 0 Å². The number of rotatable bonds is 7. The predicted octanol–water partition coefficient (Wildman–Crippen LogP) is 1.47. The van der Waals surface area contributed by atoms with Crippen LogP contribution in [-0.4, -0.2) is 36.4 Å². The van der Waals surface area contributed by atoms with Crippen molar-refractivity contribution >= 4 is 15.9 Å². The lowest BCUT2D eigenvalue weighted by Gasteiger charge is -2.19. The quantitative estimate of drug-likeness (QED) is 0.822. The maximum Gasteiger partial charge on any atom is 0.235 e. The van der Waals surface area contributed by atoms with Gasteiger partial charge in [-0.05, 0) is 24.6 Å².